The van der Waals surface area contributed by atoms with Crippen LogP contribution in [0.2, 0.25) is 0 Å². The van der Waals surface area contributed by atoms with Crippen molar-refractivity contribution in [3.63, 3.8) is 0 Å². The summed E-state index contributed by atoms with van der Waals surface area (Å²) in [7, 11) is 1.57. The molecule has 0 amide bonds. The lowest BCUT2D eigenvalue weighted by atomic mass is 9.92. The molecule has 0 aromatic heterocycles. The number of hydrogen-bond acceptors (Lipinski definition) is 6. The van der Waals surface area contributed by atoms with Gasteiger partial charge < -0.3 is 19.9 Å². The summed E-state index contributed by atoms with van der Waals surface area (Å²) in [6, 6.07) is 6.23. The summed E-state index contributed by atoms with van der Waals surface area (Å²) in [6.07, 6.45) is 2.49. The van der Waals surface area contributed by atoms with Gasteiger partial charge in [-0.15, -0.1) is 0 Å². The highest BCUT2D eigenvalue weighted by Crippen LogP contribution is 2.32. The minimum atomic E-state index is -1.30. The van der Waals surface area contributed by atoms with E-state index in [0.717, 1.165) is 12.8 Å². The average Bonchev–Trinajstić information content (AvgIpc) is 3.03. The highest BCUT2D eigenvalue weighted by atomic mass is 16.5. The Morgan fingerprint density at radius 3 is 2.42 bits per heavy atom. The molecule has 1 aromatic rings. The second kappa shape index (κ2) is 8.15. The third-order valence-corrected chi connectivity index (χ3v) is 4.34. The maximum atomic E-state index is 12.5. The van der Waals surface area contributed by atoms with Gasteiger partial charge in [0.05, 0.1) is 13.7 Å². The fraction of sp³-hybridized carbons (Fsp3) is 0.556. The number of rotatable bonds is 8. The molecule has 6 heteroatoms. The zero-order valence-electron chi connectivity index (χ0n) is 14.2. The van der Waals surface area contributed by atoms with Gasteiger partial charge in [0.15, 0.2) is 5.78 Å². The van der Waals surface area contributed by atoms with E-state index in [0.29, 0.717) is 24.3 Å². The molecule has 0 radical (unpaired) electrons. The number of Topliss-reactive ketones (excluding diaryl/α,β-unsaturated/α-hetero) is 1. The molecule has 0 aliphatic heterocycles. The van der Waals surface area contributed by atoms with Crippen molar-refractivity contribution in [1.82, 2.24) is 0 Å². The molecular weight excluding hydrogens is 310 g/mol. The Balaban J connectivity index is 2.08. The third-order valence-electron chi connectivity index (χ3n) is 4.34. The van der Waals surface area contributed by atoms with Gasteiger partial charge in [-0.05, 0) is 56.9 Å². The number of anilines is 1. The van der Waals surface area contributed by atoms with Crippen molar-refractivity contribution in [2.24, 2.45) is 0 Å². The molecule has 1 aromatic carbocycles. The third kappa shape index (κ3) is 4.47. The van der Waals surface area contributed by atoms with Gasteiger partial charge in [-0.1, -0.05) is 0 Å². The van der Waals surface area contributed by atoms with Gasteiger partial charge in [-0.25, -0.2) is 4.79 Å². The molecule has 1 aliphatic rings. The maximum absolute atomic E-state index is 12.5. The van der Waals surface area contributed by atoms with Crippen molar-refractivity contribution in [3.8, 4) is 5.75 Å². The van der Waals surface area contributed by atoms with E-state index in [2.05, 4.69) is 5.32 Å². The van der Waals surface area contributed by atoms with E-state index in [1.165, 1.54) is 0 Å². The number of carbonyl (C=O) groups excluding carboxylic acids is 2. The van der Waals surface area contributed by atoms with Gasteiger partial charge >= 0.3 is 5.97 Å². The lowest BCUT2D eigenvalue weighted by Gasteiger charge is -2.24. The molecule has 6 nitrogen and oxygen atoms in total. The van der Waals surface area contributed by atoms with Crippen molar-refractivity contribution in [1.29, 1.82) is 0 Å². The van der Waals surface area contributed by atoms with Crippen LogP contribution >= 0.6 is 0 Å². The number of benzene rings is 1. The summed E-state index contributed by atoms with van der Waals surface area (Å²) >= 11 is 0. The Morgan fingerprint density at radius 2 is 1.88 bits per heavy atom. The topological polar surface area (TPSA) is 84.9 Å². The van der Waals surface area contributed by atoms with Crippen LogP contribution in [-0.4, -0.2) is 42.2 Å². The van der Waals surface area contributed by atoms with Crippen LogP contribution in [0.4, 0.5) is 5.69 Å². The first-order chi connectivity index (χ1) is 11.5. The van der Waals surface area contributed by atoms with Crippen LogP contribution in [-0.2, 0) is 14.3 Å². The first-order valence-electron chi connectivity index (χ1n) is 8.31. The van der Waals surface area contributed by atoms with Crippen LogP contribution in [0.1, 0.15) is 39.0 Å². The minimum absolute atomic E-state index is 0.0959. The molecule has 0 spiro atoms. The Morgan fingerprint density at radius 1 is 1.25 bits per heavy atom. The van der Waals surface area contributed by atoms with Crippen molar-refractivity contribution >= 4 is 17.4 Å². The molecule has 1 fully saturated rings. The van der Waals surface area contributed by atoms with Crippen molar-refractivity contribution in [3.05, 3.63) is 24.3 Å². The molecule has 1 aliphatic carbocycles. The summed E-state index contributed by atoms with van der Waals surface area (Å²) in [5.74, 6) is -0.105. The smallest absolute Gasteiger partial charge is 0.329 e. The van der Waals surface area contributed by atoms with Crippen LogP contribution in [0.15, 0.2) is 24.3 Å². The van der Waals surface area contributed by atoms with E-state index in [9.17, 15) is 14.7 Å². The molecule has 1 atom stereocenters. The largest absolute Gasteiger partial charge is 0.497 e. The second-order valence-corrected chi connectivity index (χ2v) is 6.04. The van der Waals surface area contributed by atoms with E-state index in [1.54, 1.807) is 38.3 Å². The number of carbonyl (C=O) groups is 2. The van der Waals surface area contributed by atoms with Crippen molar-refractivity contribution in [2.75, 3.05) is 19.0 Å². The summed E-state index contributed by atoms with van der Waals surface area (Å²) < 4.78 is 10.2. The number of hydrogen-bond donors (Lipinski definition) is 2. The van der Waals surface area contributed by atoms with Crippen molar-refractivity contribution < 1.29 is 24.2 Å². The molecule has 132 valence electrons. The number of methoxy groups -OCH3 is 1. The first-order valence-corrected chi connectivity index (χ1v) is 8.31. The molecule has 1 unspecified atom stereocenters. The van der Waals surface area contributed by atoms with Gasteiger partial charge in [0.25, 0.3) is 0 Å². The number of esters is 1. The van der Waals surface area contributed by atoms with Gasteiger partial charge in [-0.3, -0.25) is 4.79 Å². The average molecular weight is 335 g/mol. The number of ether oxygens (including phenoxy) is 2. The standard InChI is InChI=1S/C18H25NO5/c1-3-24-17(21)15(12-16(20)18(22)10-4-5-11-18)19-13-6-8-14(23-2)9-7-13/h6-9,15,19,22H,3-5,10-12H2,1-2H3. The monoisotopic (exact) mass is 335 g/mol. The lowest BCUT2D eigenvalue weighted by Crippen LogP contribution is -2.42. The van der Waals surface area contributed by atoms with Gasteiger partial charge in [0.2, 0.25) is 0 Å². The Bertz CT molecular complexity index is 563. The first kappa shape index (κ1) is 18.3. The fourth-order valence-electron chi connectivity index (χ4n) is 2.94. The summed E-state index contributed by atoms with van der Waals surface area (Å²) in [5, 5.41) is 13.4. The molecule has 1 saturated carbocycles. The fourth-order valence-corrected chi connectivity index (χ4v) is 2.94. The van der Waals surface area contributed by atoms with Gasteiger partial charge in [-0.2, -0.15) is 0 Å². The quantitative estimate of drug-likeness (QED) is 0.709. The molecule has 0 heterocycles. The number of aliphatic hydroxyl groups is 1. The molecular formula is C18H25NO5. The van der Waals surface area contributed by atoms with E-state index in [1.807, 2.05) is 0 Å². The van der Waals surface area contributed by atoms with E-state index < -0.39 is 17.6 Å². The van der Waals surface area contributed by atoms with Crippen molar-refractivity contribution in [2.45, 2.75) is 50.7 Å². The normalized spacial score (nSPS) is 17.1. The zero-order chi connectivity index (χ0) is 17.6. The Hall–Kier alpha value is -2.08. The molecule has 24 heavy (non-hydrogen) atoms. The minimum Gasteiger partial charge on any atom is -0.497 e. The maximum Gasteiger partial charge on any atom is 0.329 e. The van der Waals surface area contributed by atoms with Crippen LogP contribution in [0.3, 0.4) is 0 Å². The van der Waals surface area contributed by atoms with Crippen LogP contribution in [0.25, 0.3) is 0 Å². The molecule has 0 bridgehead atoms. The highest BCUT2D eigenvalue weighted by molar-refractivity contribution is 5.93. The molecule has 0 saturated heterocycles. The van der Waals surface area contributed by atoms with E-state index >= 15 is 0 Å². The zero-order valence-corrected chi connectivity index (χ0v) is 14.2. The van der Waals surface area contributed by atoms with Crippen LogP contribution in [0.5, 0.6) is 5.75 Å². The number of ketones is 1. The van der Waals surface area contributed by atoms with Crippen LogP contribution in [0, 0.1) is 0 Å². The van der Waals surface area contributed by atoms with Gasteiger partial charge in [0, 0.05) is 12.1 Å². The van der Waals surface area contributed by atoms with E-state index in [4.69, 9.17) is 9.47 Å². The second-order valence-electron chi connectivity index (χ2n) is 6.04. The van der Waals surface area contributed by atoms with Crippen LogP contribution < -0.4 is 10.1 Å². The Labute approximate surface area is 142 Å². The van der Waals surface area contributed by atoms with E-state index in [-0.39, 0.29) is 18.8 Å². The summed E-state index contributed by atoms with van der Waals surface area (Å²) in [5.41, 5.74) is -0.619. The summed E-state index contributed by atoms with van der Waals surface area (Å²) in [6.45, 7) is 1.95. The number of nitrogens with one attached hydrogen (secondary N) is 1. The SMILES string of the molecule is CCOC(=O)C(CC(=O)C1(O)CCCC1)Nc1ccc(OC)cc1. The summed E-state index contributed by atoms with van der Waals surface area (Å²) in [4.78, 5) is 24.6. The predicted octanol–water partition coefficient (Wildman–Crippen LogP) is 2.30. The molecule has 2 rings (SSSR count). The van der Waals surface area contributed by atoms with Gasteiger partial charge in [0.1, 0.15) is 17.4 Å². The predicted molar refractivity (Wildman–Crippen MR) is 90.1 cm³/mol. The lowest BCUT2D eigenvalue weighted by molar-refractivity contribution is -0.147. The Kier molecular flexibility index (Phi) is 6.20. The highest BCUT2D eigenvalue weighted by Gasteiger charge is 2.40. The molecule has 2 N–H and O–H groups in total.